The number of aromatic nitrogens is 1. The van der Waals surface area contributed by atoms with Crippen molar-refractivity contribution in [3.8, 4) is 0 Å². The fourth-order valence-corrected chi connectivity index (χ4v) is 3.15. The van der Waals surface area contributed by atoms with Gasteiger partial charge in [0.2, 0.25) is 0 Å². The lowest BCUT2D eigenvalue weighted by molar-refractivity contribution is -0.140. The average molecular weight is 280 g/mol. The Balaban J connectivity index is 1.99. The highest BCUT2D eigenvalue weighted by Crippen LogP contribution is 2.34. The van der Waals surface area contributed by atoms with Crippen molar-refractivity contribution < 1.29 is 18.3 Å². The Kier molecular flexibility index (Phi) is 4.11. The molecule has 18 heavy (non-hydrogen) atoms. The molecule has 102 valence electrons. The third kappa shape index (κ3) is 3.14. The smallest absolute Gasteiger partial charge is 0.396 e. The highest BCUT2D eigenvalue weighted by molar-refractivity contribution is 7.13. The maximum absolute atomic E-state index is 12.4. The average Bonchev–Trinajstić information content (AvgIpc) is 2.89. The number of aliphatic hydroxyl groups is 1. The third-order valence-corrected chi connectivity index (χ3v) is 4.04. The van der Waals surface area contributed by atoms with Crippen molar-refractivity contribution >= 4 is 16.5 Å². The summed E-state index contributed by atoms with van der Waals surface area (Å²) in [5.41, 5.74) is -0.841. The van der Waals surface area contributed by atoms with Crippen LogP contribution < -0.4 is 5.32 Å². The largest absolute Gasteiger partial charge is 0.434 e. The van der Waals surface area contributed by atoms with E-state index in [1.54, 1.807) is 0 Å². The van der Waals surface area contributed by atoms with Crippen LogP contribution in [0, 0.1) is 5.92 Å². The minimum Gasteiger partial charge on any atom is -0.396 e. The molecule has 3 nitrogen and oxygen atoms in total. The van der Waals surface area contributed by atoms with Crippen LogP contribution in [0.4, 0.5) is 18.3 Å². The molecule has 1 aliphatic carbocycles. The number of halogens is 3. The zero-order chi connectivity index (χ0) is 13.2. The molecule has 0 spiro atoms. The van der Waals surface area contributed by atoms with Gasteiger partial charge < -0.3 is 10.4 Å². The third-order valence-electron chi connectivity index (χ3n) is 3.26. The van der Waals surface area contributed by atoms with Crippen LogP contribution in [0.3, 0.4) is 0 Å². The number of thiazole rings is 1. The van der Waals surface area contributed by atoms with Crippen molar-refractivity contribution in [1.29, 1.82) is 0 Å². The highest BCUT2D eigenvalue weighted by Gasteiger charge is 2.34. The van der Waals surface area contributed by atoms with Gasteiger partial charge in [-0.2, -0.15) is 13.2 Å². The number of hydrogen-bond acceptors (Lipinski definition) is 4. The van der Waals surface area contributed by atoms with Gasteiger partial charge in [0, 0.05) is 18.0 Å². The Morgan fingerprint density at radius 3 is 2.83 bits per heavy atom. The quantitative estimate of drug-likeness (QED) is 0.890. The van der Waals surface area contributed by atoms with Crippen LogP contribution in [0.2, 0.25) is 0 Å². The van der Waals surface area contributed by atoms with Gasteiger partial charge in [-0.15, -0.1) is 11.3 Å². The Morgan fingerprint density at radius 1 is 1.44 bits per heavy atom. The lowest BCUT2D eigenvalue weighted by atomic mass is 10.0. The number of alkyl halides is 3. The van der Waals surface area contributed by atoms with Crippen LogP contribution in [-0.2, 0) is 6.18 Å². The van der Waals surface area contributed by atoms with E-state index in [0.717, 1.165) is 36.0 Å². The summed E-state index contributed by atoms with van der Waals surface area (Å²) in [5, 5.41) is 13.3. The fraction of sp³-hybridized carbons (Fsp3) is 0.727. The number of nitrogens with zero attached hydrogens (tertiary/aromatic N) is 1. The van der Waals surface area contributed by atoms with E-state index in [1.165, 1.54) is 0 Å². The molecule has 2 rings (SSSR count). The molecule has 0 bridgehead atoms. The highest BCUT2D eigenvalue weighted by atomic mass is 32.1. The minimum absolute atomic E-state index is 0.120. The topological polar surface area (TPSA) is 45.1 Å². The monoisotopic (exact) mass is 280 g/mol. The van der Waals surface area contributed by atoms with E-state index in [4.69, 9.17) is 5.11 Å². The van der Waals surface area contributed by atoms with Gasteiger partial charge in [0.15, 0.2) is 10.8 Å². The van der Waals surface area contributed by atoms with E-state index in [-0.39, 0.29) is 12.6 Å². The summed E-state index contributed by atoms with van der Waals surface area (Å²) in [6, 6.07) is 0.129. The summed E-state index contributed by atoms with van der Waals surface area (Å²) < 4.78 is 37.2. The first kappa shape index (κ1) is 13.6. The SMILES string of the molecule is OCCC1CCCC1Nc1nc(C(F)(F)F)cs1. The van der Waals surface area contributed by atoms with E-state index in [2.05, 4.69) is 10.3 Å². The van der Waals surface area contributed by atoms with E-state index in [1.807, 2.05) is 0 Å². The van der Waals surface area contributed by atoms with Gasteiger partial charge in [-0.25, -0.2) is 4.98 Å². The summed E-state index contributed by atoms with van der Waals surface area (Å²) in [7, 11) is 0. The molecule has 1 fully saturated rings. The van der Waals surface area contributed by atoms with Crippen LogP contribution in [0.5, 0.6) is 0 Å². The van der Waals surface area contributed by atoms with E-state index in [9.17, 15) is 13.2 Å². The Labute approximate surface area is 107 Å². The van der Waals surface area contributed by atoms with Gasteiger partial charge in [-0.05, 0) is 25.2 Å². The maximum atomic E-state index is 12.4. The lowest BCUT2D eigenvalue weighted by Crippen LogP contribution is -2.24. The molecule has 1 aliphatic rings. The summed E-state index contributed by atoms with van der Waals surface area (Å²) in [4.78, 5) is 3.56. The van der Waals surface area contributed by atoms with Crippen molar-refractivity contribution in [2.24, 2.45) is 5.92 Å². The first-order valence-corrected chi connectivity index (χ1v) is 6.79. The number of hydrogen-bond donors (Lipinski definition) is 2. The molecule has 0 radical (unpaired) electrons. The van der Waals surface area contributed by atoms with Gasteiger partial charge in [0.25, 0.3) is 0 Å². The zero-order valence-electron chi connectivity index (χ0n) is 9.70. The molecule has 1 aromatic heterocycles. The number of rotatable bonds is 4. The molecule has 2 atom stereocenters. The molecule has 1 aromatic rings. The second-order valence-electron chi connectivity index (χ2n) is 4.49. The Morgan fingerprint density at radius 2 is 2.22 bits per heavy atom. The van der Waals surface area contributed by atoms with Crippen molar-refractivity contribution in [1.82, 2.24) is 4.98 Å². The van der Waals surface area contributed by atoms with Crippen LogP contribution in [0.1, 0.15) is 31.4 Å². The second kappa shape index (κ2) is 5.44. The van der Waals surface area contributed by atoms with E-state index in [0.29, 0.717) is 17.5 Å². The van der Waals surface area contributed by atoms with Gasteiger partial charge in [0.1, 0.15) is 0 Å². The first-order valence-electron chi connectivity index (χ1n) is 5.91. The Hall–Kier alpha value is -0.820. The fourth-order valence-electron chi connectivity index (χ4n) is 2.37. The molecular formula is C11H15F3N2OS. The number of anilines is 1. The normalized spacial score (nSPS) is 24.4. The second-order valence-corrected chi connectivity index (χ2v) is 5.35. The predicted molar refractivity (Wildman–Crippen MR) is 63.6 cm³/mol. The van der Waals surface area contributed by atoms with Crippen molar-refractivity contribution in [2.45, 2.75) is 37.9 Å². The van der Waals surface area contributed by atoms with Gasteiger partial charge in [-0.3, -0.25) is 0 Å². The van der Waals surface area contributed by atoms with Crippen molar-refractivity contribution in [2.75, 3.05) is 11.9 Å². The molecule has 7 heteroatoms. The molecule has 1 saturated carbocycles. The van der Waals surface area contributed by atoms with Crippen LogP contribution in [0.15, 0.2) is 5.38 Å². The molecule has 0 amide bonds. The Bertz CT molecular complexity index is 394. The number of aliphatic hydroxyl groups excluding tert-OH is 1. The van der Waals surface area contributed by atoms with Crippen molar-refractivity contribution in [3.05, 3.63) is 11.1 Å². The summed E-state index contributed by atoms with van der Waals surface area (Å²) >= 11 is 0.979. The lowest BCUT2D eigenvalue weighted by Gasteiger charge is -2.19. The minimum atomic E-state index is -4.38. The maximum Gasteiger partial charge on any atom is 0.434 e. The molecule has 2 unspecified atom stereocenters. The first-order chi connectivity index (χ1) is 8.50. The van der Waals surface area contributed by atoms with E-state index >= 15 is 0 Å². The van der Waals surface area contributed by atoms with Crippen LogP contribution in [-0.4, -0.2) is 22.7 Å². The van der Waals surface area contributed by atoms with Crippen LogP contribution in [0.25, 0.3) is 0 Å². The zero-order valence-corrected chi connectivity index (χ0v) is 10.5. The van der Waals surface area contributed by atoms with E-state index < -0.39 is 11.9 Å². The molecule has 1 heterocycles. The van der Waals surface area contributed by atoms with Gasteiger partial charge >= 0.3 is 6.18 Å². The standard InChI is InChI=1S/C11H15F3N2OS/c12-11(13,14)9-6-18-10(16-9)15-8-3-1-2-7(8)4-5-17/h6-8,17H,1-5H2,(H,15,16). The molecule has 0 aromatic carbocycles. The van der Waals surface area contributed by atoms with Crippen LogP contribution >= 0.6 is 11.3 Å². The molecule has 2 N–H and O–H groups in total. The summed E-state index contributed by atoms with van der Waals surface area (Å²) in [6.07, 6.45) is -0.715. The number of nitrogens with one attached hydrogen (secondary N) is 1. The molecule has 0 aliphatic heterocycles. The molecular weight excluding hydrogens is 265 g/mol. The van der Waals surface area contributed by atoms with Gasteiger partial charge in [-0.1, -0.05) is 6.42 Å². The molecule has 0 saturated heterocycles. The predicted octanol–water partition coefficient (Wildman–Crippen LogP) is 3.12. The van der Waals surface area contributed by atoms with Crippen molar-refractivity contribution in [3.63, 3.8) is 0 Å². The summed E-state index contributed by atoms with van der Waals surface area (Å²) in [6.45, 7) is 0.120. The summed E-state index contributed by atoms with van der Waals surface area (Å²) in [5.74, 6) is 0.327. The van der Waals surface area contributed by atoms with Gasteiger partial charge in [0.05, 0.1) is 0 Å².